The van der Waals surface area contributed by atoms with Gasteiger partial charge < -0.3 is 14.5 Å². The van der Waals surface area contributed by atoms with E-state index in [1.54, 1.807) is 12.3 Å². The van der Waals surface area contributed by atoms with Crippen LogP contribution in [0.1, 0.15) is 36.0 Å². The van der Waals surface area contributed by atoms with E-state index in [0.29, 0.717) is 29.5 Å². The number of aryl methyl sites for hydroxylation is 1. The normalized spacial score (nSPS) is 13.5. The molecule has 3 heterocycles. The minimum Gasteiger partial charge on any atom is -0.457 e. The molecule has 310 valence electrons. The molecule has 0 radical (unpaired) electrons. The Kier molecular flexibility index (Phi) is 8.80. The number of benzene rings is 8. The first-order valence-corrected chi connectivity index (χ1v) is 21.8. The maximum absolute atomic E-state index is 8.53. The van der Waals surface area contributed by atoms with E-state index in [1.807, 2.05) is 77.4 Å². The van der Waals surface area contributed by atoms with Gasteiger partial charge in [-0.3, -0.25) is 4.57 Å². The zero-order valence-electron chi connectivity index (χ0n) is 39.0. The van der Waals surface area contributed by atoms with Gasteiger partial charge in [-0.2, -0.15) is 0 Å². The number of para-hydroxylation sites is 4. The van der Waals surface area contributed by atoms with Crippen molar-refractivity contribution in [1.29, 1.82) is 0 Å². The Morgan fingerprint density at radius 3 is 1.84 bits per heavy atom. The Morgan fingerprint density at radius 1 is 0.516 bits per heavy atom. The van der Waals surface area contributed by atoms with Crippen molar-refractivity contribution in [1.82, 2.24) is 9.55 Å². The molecule has 0 amide bonds. The molecule has 0 unspecified atom stereocenters. The number of aromatic nitrogens is 2. The molecule has 0 saturated carbocycles. The first-order chi connectivity index (χ1) is 32.5. The van der Waals surface area contributed by atoms with E-state index in [-0.39, 0.29) is 11.0 Å². The lowest BCUT2D eigenvalue weighted by atomic mass is 9.86. The van der Waals surface area contributed by atoms with Crippen LogP contribution in [0.2, 0.25) is 0 Å². The van der Waals surface area contributed by atoms with Gasteiger partial charge in [0.05, 0.1) is 28.1 Å². The molecule has 5 nitrogen and oxygen atoms in total. The topological polar surface area (TPSA) is 33.5 Å². The smallest absolute Gasteiger partial charge is 0.137 e. The maximum Gasteiger partial charge on any atom is 0.137 e. The highest BCUT2D eigenvalue weighted by molar-refractivity contribution is 6.09. The monoisotopic (exact) mass is 831 g/mol. The summed E-state index contributed by atoms with van der Waals surface area (Å²) in [5.74, 6) is 1.86. The quantitative estimate of drug-likeness (QED) is 0.153. The summed E-state index contributed by atoms with van der Waals surface area (Å²) in [7, 11) is 0. The fraction of sp³-hybridized carbons (Fsp3) is 0.102. The molecule has 0 N–H and O–H groups in total. The fourth-order valence-corrected chi connectivity index (χ4v) is 9.22. The largest absolute Gasteiger partial charge is 0.457 e. The molecule has 5 heteroatoms. The Labute approximate surface area is 379 Å². The number of nitrogens with zero attached hydrogens (tertiary/aromatic N) is 4. The minimum atomic E-state index is -2.36. The van der Waals surface area contributed by atoms with Gasteiger partial charge in [0, 0.05) is 55.6 Å². The summed E-state index contributed by atoms with van der Waals surface area (Å²) in [4.78, 5) is 9.71. The van der Waals surface area contributed by atoms with Crippen LogP contribution in [0.3, 0.4) is 0 Å². The van der Waals surface area contributed by atoms with E-state index in [4.69, 9.17) is 13.8 Å². The predicted octanol–water partition coefficient (Wildman–Crippen LogP) is 15.8. The van der Waals surface area contributed by atoms with Crippen molar-refractivity contribution in [3.05, 3.63) is 218 Å². The number of rotatable bonds is 8. The highest BCUT2D eigenvalue weighted by atomic mass is 16.5. The standard InChI is InChI=1S/C59H48N4O/c1-40-35-57(60-38-52(40)42-19-9-6-10-20-42)63-53-26-12-11-23-50(53)51-34-33-47(37-56(51)63)64-46-22-15-21-45(36-46)61-39-62(55-28-14-13-27-54(55)61)58-48(41-17-7-5-8-18-41)24-16-25-49(58)43-29-31-44(32-30-43)59(2,3)4/h5-38H,39H2,1-4H3/i1D3. The van der Waals surface area contributed by atoms with Crippen LogP contribution in [0.4, 0.5) is 22.7 Å². The van der Waals surface area contributed by atoms with Crippen LogP contribution in [0, 0.1) is 6.85 Å². The highest BCUT2D eigenvalue weighted by Crippen LogP contribution is 2.50. The molecule has 0 aliphatic carbocycles. The number of ether oxygens (including phenoxy) is 1. The van der Waals surface area contributed by atoms with E-state index < -0.39 is 6.85 Å². The Balaban J connectivity index is 0.968. The highest BCUT2D eigenvalue weighted by Gasteiger charge is 2.31. The first-order valence-electron chi connectivity index (χ1n) is 23.3. The maximum atomic E-state index is 8.53. The molecular weight excluding hydrogens is 781 g/mol. The molecule has 11 rings (SSSR count). The Bertz CT molecular complexity index is 3450. The van der Waals surface area contributed by atoms with Crippen molar-refractivity contribution >= 4 is 44.6 Å². The van der Waals surface area contributed by atoms with E-state index in [2.05, 4.69) is 152 Å². The van der Waals surface area contributed by atoms with Crippen molar-refractivity contribution < 1.29 is 8.85 Å². The zero-order valence-corrected chi connectivity index (χ0v) is 36.0. The van der Waals surface area contributed by atoms with E-state index in [1.165, 1.54) is 16.7 Å². The molecule has 2 aromatic heterocycles. The second kappa shape index (κ2) is 15.8. The average molecular weight is 832 g/mol. The van der Waals surface area contributed by atoms with Gasteiger partial charge in [0.15, 0.2) is 0 Å². The van der Waals surface area contributed by atoms with Crippen molar-refractivity contribution in [3.63, 3.8) is 0 Å². The molecule has 1 aliphatic heterocycles. The van der Waals surface area contributed by atoms with Crippen molar-refractivity contribution in [2.45, 2.75) is 33.0 Å². The molecule has 0 spiro atoms. The molecule has 8 aromatic carbocycles. The van der Waals surface area contributed by atoms with E-state index >= 15 is 0 Å². The van der Waals surface area contributed by atoms with Crippen LogP contribution >= 0.6 is 0 Å². The summed E-state index contributed by atoms with van der Waals surface area (Å²) in [6.45, 7) is 4.98. The lowest BCUT2D eigenvalue weighted by Gasteiger charge is -2.27. The number of fused-ring (bicyclic) bond motifs is 4. The van der Waals surface area contributed by atoms with Crippen LogP contribution < -0.4 is 14.5 Å². The second-order valence-corrected chi connectivity index (χ2v) is 17.5. The SMILES string of the molecule is [2H]C([2H])([2H])c1cc(-n2c3ccccc3c3ccc(Oc4cccc(N5CN(c6c(-c7ccccc7)cccc6-c6ccc(C(C)(C)C)cc6)c6ccccc65)c4)cc32)ncc1-c1ccccc1. The summed E-state index contributed by atoms with van der Waals surface area (Å²) in [6.07, 6.45) is 1.68. The summed E-state index contributed by atoms with van der Waals surface area (Å²) in [6, 6.07) is 68.7. The van der Waals surface area contributed by atoms with Crippen LogP contribution in [-0.2, 0) is 5.41 Å². The predicted molar refractivity (Wildman–Crippen MR) is 267 cm³/mol. The molecule has 1 aliphatic rings. The Hall–Kier alpha value is -7.89. The van der Waals surface area contributed by atoms with Crippen LogP contribution in [-0.4, -0.2) is 16.2 Å². The molecular formula is C59H48N4O. The summed E-state index contributed by atoms with van der Waals surface area (Å²) in [5, 5.41) is 2.04. The molecule has 0 atom stereocenters. The third kappa shape index (κ3) is 6.96. The lowest BCUT2D eigenvalue weighted by Crippen LogP contribution is -2.25. The zero-order chi connectivity index (χ0) is 45.9. The average Bonchev–Trinajstić information content (AvgIpc) is 3.90. The Morgan fingerprint density at radius 2 is 1.12 bits per heavy atom. The van der Waals surface area contributed by atoms with E-state index in [0.717, 1.165) is 61.2 Å². The summed E-state index contributed by atoms with van der Waals surface area (Å²) >= 11 is 0. The number of hydrogen-bond donors (Lipinski definition) is 0. The summed E-state index contributed by atoms with van der Waals surface area (Å²) < 4.78 is 34.4. The van der Waals surface area contributed by atoms with E-state index in [9.17, 15) is 0 Å². The minimum absolute atomic E-state index is 0.0490. The van der Waals surface area contributed by atoms with Crippen LogP contribution in [0.5, 0.6) is 11.5 Å². The van der Waals surface area contributed by atoms with Gasteiger partial charge in [-0.25, -0.2) is 4.98 Å². The third-order valence-electron chi connectivity index (χ3n) is 12.4. The number of pyridine rings is 1. The lowest BCUT2D eigenvalue weighted by molar-refractivity contribution is 0.483. The molecule has 10 aromatic rings. The van der Waals surface area contributed by atoms with Gasteiger partial charge >= 0.3 is 0 Å². The summed E-state index contributed by atoms with van der Waals surface area (Å²) in [5.41, 5.74) is 13.8. The number of hydrogen-bond acceptors (Lipinski definition) is 4. The van der Waals surface area contributed by atoms with Crippen LogP contribution in [0.25, 0.3) is 61.0 Å². The molecule has 0 fully saturated rings. The second-order valence-electron chi connectivity index (χ2n) is 17.5. The van der Waals surface area contributed by atoms with Crippen molar-refractivity contribution in [2.24, 2.45) is 0 Å². The molecule has 0 bridgehead atoms. The molecule has 64 heavy (non-hydrogen) atoms. The molecule has 0 saturated heterocycles. The van der Waals surface area contributed by atoms with Gasteiger partial charge in [-0.1, -0.05) is 160 Å². The van der Waals surface area contributed by atoms with Crippen molar-refractivity contribution in [2.75, 3.05) is 16.5 Å². The van der Waals surface area contributed by atoms with Crippen LogP contribution in [0.15, 0.2) is 206 Å². The van der Waals surface area contributed by atoms with Gasteiger partial charge in [-0.05, 0) is 88.6 Å². The van der Waals surface area contributed by atoms with Crippen molar-refractivity contribution in [3.8, 4) is 50.7 Å². The van der Waals surface area contributed by atoms with Gasteiger partial charge in [-0.15, -0.1) is 0 Å². The van der Waals surface area contributed by atoms with Gasteiger partial charge in [0.25, 0.3) is 0 Å². The van der Waals surface area contributed by atoms with Gasteiger partial charge in [0.1, 0.15) is 24.0 Å². The number of anilines is 4. The third-order valence-corrected chi connectivity index (χ3v) is 12.4. The fourth-order valence-electron chi connectivity index (χ4n) is 9.22. The van der Waals surface area contributed by atoms with Gasteiger partial charge in [0.2, 0.25) is 0 Å². The first kappa shape index (κ1) is 35.7.